The standard InChI is InChI=1S/C12H21O2.W/c1-9(2)10(3,4)12(9,7)11(5,6)14-8-13;/h1-7H3;/q-1;. The molecule has 1 saturated carbocycles. The molecule has 15 heavy (non-hydrogen) atoms. The molecule has 0 spiro atoms. The number of hydrogen-bond donors (Lipinski definition) is 0. The maximum Gasteiger partial charge on any atom is 0.0718 e. The van der Waals surface area contributed by atoms with Crippen molar-refractivity contribution in [2.75, 3.05) is 0 Å². The Morgan fingerprint density at radius 3 is 1.53 bits per heavy atom. The van der Waals surface area contributed by atoms with Crippen LogP contribution in [-0.4, -0.2) is 12.1 Å². The molecule has 0 heterocycles. The first-order valence-electron chi connectivity index (χ1n) is 5.11. The zero-order chi connectivity index (χ0) is 11.4. The van der Waals surface area contributed by atoms with E-state index in [0.717, 1.165) is 0 Å². The summed E-state index contributed by atoms with van der Waals surface area (Å²) in [4.78, 5) is 10.4. The van der Waals surface area contributed by atoms with Crippen molar-refractivity contribution >= 4 is 6.47 Å². The van der Waals surface area contributed by atoms with Crippen molar-refractivity contribution in [1.82, 2.24) is 0 Å². The van der Waals surface area contributed by atoms with Gasteiger partial charge in [0.05, 0.1) is 5.60 Å². The van der Waals surface area contributed by atoms with E-state index in [9.17, 15) is 4.79 Å². The fourth-order valence-electron chi connectivity index (χ4n) is 3.31. The first-order valence-corrected chi connectivity index (χ1v) is 5.11. The molecule has 0 aliphatic heterocycles. The van der Waals surface area contributed by atoms with Gasteiger partial charge in [-0.2, -0.15) is 0 Å². The Hall–Kier alpha value is 0.158. The minimum atomic E-state index is -0.457. The average molecular weight is 381 g/mol. The average Bonchev–Trinajstić information content (AvgIpc) is 2.30. The van der Waals surface area contributed by atoms with Crippen LogP contribution in [0.4, 0.5) is 0 Å². The van der Waals surface area contributed by atoms with Crippen LogP contribution in [0.15, 0.2) is 0 Å². The van der Waals surface area contributed by atoms with Gasteiger partial charge in [-0.05, 0) is 24.7 Å². The molecule has 0 aromatic heterocycles. The molecule has 0 aromatic rings. The van der Waals surface area contributed by atoms with E-state index in [0.29, 0.717) is 0 Å². The summed E-state index contributed by atoms with van der Waals surface area (Å²) >= 11 is 0. The summed E-state index contributed by atoms with van der Waals surface area (Å²) in [7, 11) is 0. The first-order chi connectivity index (χ1) is 6.06. The van der Waals surface area contributed by atoms with Gasteiger partial charge in [0.25, 0.3) is 0 Å². The molecule has 3 heteroatoms. The van der Waals surface area contributed by atoms with Crippen LogP contribution in [-0.2, 0) is 30.6 Å². The van der Waals surface area contributed by atoms with Crippen LogP contribution in [0.5, 0.6) is 0 Å². The van der Waals surface area contributed by atoms with Gasteiger partial charge in [-0.15, -0.1) is 0 Å². The van der Waals surface area contributed by atoms with Crippen LogP contribution in [0.2, 0.25) is 0 Å². The molecule has 0 saturated heterocycles. The topological polar surface area (TPSA) is 26.3 Å². The summed E-state index contributed by atoms with van der Waals surface area (Å²) in [5.41, 5.74) is -0.0904. The molecule has 0 atom stereocenters. The summed E-state index contributed by atoms with van der Waals surface area (Å²) in [6.45, 7) is 16.6. The third kappa shape index (κ3) is 1.44. The minimum absolute atomic E-state index is 0. The van der Waals surface area contributed by atoms with Crippen LogP contribution in [0.25, 0.3) is 0 Å². The van der Waals surface area contributed by atoms with Crippen LogP contribution < -0.4 is 0 Å². The summed E-state index contributed by atoms with van der Waals surface area (Å²) in [5.74, 6) is 0. The van der Waals surface area contributed by atoms with Gasteiger partial charge in [-0.25, -0.2) is 0 Å². The van der Waals surface area contributed by atoms with Crippen molar-refractivity contribution in [3.05, 3.63) is 0 Å². The Morgan fingerprint density at radius 1 is 1.00 bits per heavy atom. The number of carbonyl (C=O) groups excluding carboxylic acids is 1. The van der Waals surface area contributed by atoms with Crippen LogP contribution >= 0.6 is 0 Å². The molecule has 1 fully saturated rings. The van der Waals surface area contributed by atoms with Gasteiger partial charge in [0.2, 0.25) is 0 Å². The van der Waals surface area contributed by atoms with Gasteiger partial charge in [0.1, 0.15) is 0 Å². The number of rotatable bonds is 3. The second kappa shape index (κ2) is 3.58. The monoisotopic (exact) mass is 381 g/mol. The van der Waals surface area contributed by atoms with Crippen molar-refractivity contribution in [1.29, 1.82) is 0 Å². The van der Waals surface area contributed by atoms with E-state index in [1.807, 2.05) is 13.8 Å². The van der Waals surface area contributed by atoms with Crippen molar-refractivity contribution in [3.63, 3.8) is 0 Å². The van der Waals surface area contributed by atoms with Crippen molar-refractivity contribution in [2.24, 2.45) is 16.2 Å². The van der Waals surface area contributed by atoms with Gasteiger partial charge in [0.15, 0.2) is 0 Å². The van der Waals surface area contributed by atoms with Gasteiger partial charge in [-0.1, -0.05) is 41.1 Å². The molecule has 0 aromatic carbocycles. The Kier molecular flexibility index (Phi) is 3.62. The molecular weight excluding hydrogens is 360 g/mol. The van der Waals surface area contributed by atoms with E-state index in [1.165, 1.54) is 0 Å². The fourth-order valence-corrected chi connectivity index (χ4v) is 3.31. The van der Waals surface area contributed by atoms with Gasteiger partial charge < -0.3 is 9.53 Å². The minimum Gasteiger partial charge on any atom is -0.648 e. The smallest absolute Gasteiger partial charge is 0.0718 e. The molecule has 88 valence electrons. The summed E-state index contributed by atoms with van der Waals surface area (Å²) in [5, 5.41) is 0. The first kappa shape index (κ1) is 15.2. The summed E-state index contributed by atoms with van der Waals surface area (Å²) in [6, 6.07) is 0. The largest absolute Gasteiger partial charge is 0.648 e. The third-order valence-electron chi connectivity index (χ3n) is 5.50. The van der Waals surface area contributed by atoms with Crippen molar-refractivity contribution < 1.29 is 30.6 Å². The second-order valence-electron chi connectivity index (χ2n) is 6.07. The van der Waals surface area contributed by atoms with Crippen molar-refractivity contribution in [2.45, 2.75) is 54.1 Å². The van der Waals surface area contributed by atoms with E-state index in [-0.39, 0.29) is 37.3 Å². The molecule has 2 nitrogen and oxygen atoms in total. The Labute approximate surface area is 107 Å². The predicted molar refractivity (Wildman–Crippen MR) is 56.5 cm³/mol. The van der Waals surface area contributed by atoms with E-state index in [2.05, 4.69) is 34.6 Å². The van der Waals surface area contributed by atoms with E-state index in [4.69, 9.17) is 4.74 Å². The zero-order valence-electron chi connectivity index (χ0n) is 10.7. The second-order valence-corrected chi connectivity index (χ2v) is 6.07. The normalized spacial score (nSPS) is 25.0. The predicted octanol–water partition coefficient (Wildman–Crippen LogP) is 2.92. The number of hydrogen-bond acceptors (Lipinski definition) is 2. The molecule has 0 radical (unpaired) electrons. The molecule has 0 bridgehead atoms. The van der Waals surface area contributed by atoms with Crippen LogP contribution in [0.3, 0.4) is 0 Å². The van der Waals surface area contributed by atoms with E-state index in [1.54, 1.807) is 6.47 Å². The Morgan fingerprint density at radius 2 is 1.33 bits per heavy atom. The molecule has 0 N–H and O–H groups in total. The summed E-state index contributed by atoms with van der Waals surface area (Å²) < 4.78 is 5.12. The van der Waals surface area contributed by atoms with Gasteiger partial charge >= 0.3 is 0 Å². The zero-order valence-corrected chi connectivity index (χ0v) is 13.7. The Balaban J connectivity index is 0.00000196. The molecule has 0 amide bonds. The molecular formula is C12H21O2W-. The third-order valence-corrected chi connectivity index (χ3v) is 5.50. The molecule has 1 rings (SSSR count). The van der Waals surface area contributed by atoms with Crippen molar-refractivity contribution in [3.8, 4) is 0 Å². The van der Waals surface area contributed by atoms with E-state index >= 15 is 0 Å². The van der Waals surface area contributed by atoms with Gasteiger partial charge in [0, 0.05) is 26.5 Å². The number of ether oxygens (including phenoxy) is 1. The Bertz CT molecular complexity index is 253. The molecule has 1 aliphatic carbocycles. The fraction of sp³-hybridized carbons (Fsp3) is 0.917. The van der Waals surface area contributed by atoms with Gasteiger partial charge in [-0.3, -0.25) is 0 Å². The van der Waals surface area contributed by atoms with Crippen LogP contribution in [0.1, 0.15) is 48.5 Å². The van der Waals surface area contributed by atoms with E-state index < -0.39 is 5.60 Å². The SMILES string of the molecule is CC(C)(O[C-]=O)C1(C)C(C)(C)C1(C)C.[W]. The molecule has 0 unspecified atom stereocenters. The summed E-state index contributed by atoms with van der Waals surface area (Å²) in [6.07, 6.45) is 0. The van der Waals surface area contributed by atoms with Crippen LogP contribution in [0, 0.1) is 16.2 Å². The quantitative estimate of drug-likeness (QED) is 0.703. The maximum atomic E-state index is 10.4. The maximum absolute atomic E-state index is 10.4. The molecule has 1 aliphatic rings.